The first-order valence-corrected chi connectivity index (χ1v) is 15.2. The van der Waals surface area contributed by atoms with Gasteiger partial charge in [-0.2, -0.15) is 0 Å². The third-order valence-electron chi connectivity index (χ3n) is 4.48. The molecule has 0 saturated heterocycles. The van der Waals surface area contributed by atoms with Gasteiger partial charge in [-0.1, -0.05) is 38.8 Å². The van der Waals surface area contributed by atoms with E-state index < -0.39 is 138 Å². The van der Waals surface area contributed by atoms with Crippen LogP contribution in [0.4, 0.5) is 0 Å². The van der Waals surface area contributed by atoms with E-state index in [1.165, 1.54) is 6.92 Å². The Morgan fingerprint density at radius 1 is 0.442 bits per heavy atom. The molecule has 52 heavy (non-hydrogen) atoms. The van der Waals surface area contributed by atoms with E-state index in [0.29, 0.717) is 0 Å². The number of carboxylic acid groups (broad SMARTS) is 6. The lowest BCUT2D eigenvalue weighted by molar-refractivity contribution is -0.167. The molecule has 0 aliphatic heterocycles. The molecule has 0 aromatic heterocycles. The molecule has 0 spiro atoms. The van der Waals surface area contributed by atoms with Crippen molar-refractivity contribution in [3.05, 3.63) is 0 Å². The van der Waals surface area contributed by atoms with Crippen LogP contribution < -0.4 is 0 Å². The Labute approximate surface area is 305 Å². The molecule has 0 aromatic rings. The van der Waals surface area contributed by atoms with Crippen molar-refractivity contribution in [1.29, 1.82) is 0 Å². The first kappa shape index (κ1) is 50.7. The average molecular weight is 884 g/mol. The highest BCUT2D eigenvalue weighted by atomic mass is 79.9. The summed E-state index contributed by atoms with van der Waals surface area (Å²) in [6.07, 6.45) is -5.44. The number of ether oxygens (including phenoxy) is 4. The van der Waals surface area contributed by atoms with Gasteiger partial charge in [0.15, 0.2) is 0 Å². The topological polar surface area (TPSA) is 397 Å². The van der Waals surface area contributed by atoms with Crippen LogP contribution in [-0.4, -0.2) is 124 Å². The number of halogens is 2. The molecule has 0 heterocycles. The average Bonchev–Trinajstić information content (AvgIpc) is 2.94. The summed E-state index contributed by atoms with van der Waals surface area (Å²) < 4.78 is 16.4. The van der Waals surface area contributed by atoms with Gasteiger partial charge >= 0.3 is 83.6 Å². The lowest BCUT2D eigenvalue weighted by atomic mass is 10.1. The van der Waals surface area contributed by atoms with Crippen molar-refractivity contribution in [1.82, 2.24) is 0 Å². The number of carbonyl (C=O) groups excluding carboxylic acids is 8. The predicted molar refractivity (Wildman–Crippen MR) is 162 cm³/mol. The normalized spacial score (nSPS) is 11.4. The van der Waals surface area contributed by atoms with Crippen LogP contribution in [0.1, 0.15) is 58.3 Å². The van der Waals surface area contributed by atoms with Gasteiger partial charge in [0.05, 0.1) is 18.8 Å². The third kappa shape index (κ3) is 31.6. The number of aliphatic carboxylic acids is 6. The molecule has 3 atom stereocenters. The predicted octanol–water partition coefficient (Wildman–Crippen LogP) is -0.970. The molecule has 290 valence electrons. The SMILES string of the molecule is CC(CCC(=O)O)C(=O)O.O=C(O)CC(=O)OC(=O)CC(Br)C(=O)OC(=O)CC(=O)O.O=C(O)CC(=O)OC(=O)CC(Br)C(=O)OC(=O)CC(=O)O. The molecule has 3 unspecified atom stereocenters. The van der Waals surface area contributed by atoms with Gasteiger partial charge in [0.1, 0.15) is 35.3 Å². The molecule has 0 aromatic carbocycles. The van der Waals surface area contributed by atoms with Crippen LogP contribution in [-0.2, 0) is 86.1 Å². The van der Waals surface area contributed by atoms with E-state index in [2.05, 4.69) is 50.8 Å². The molecule has 0 aliphatic carbocycles. The maximum Gasteiger partial charge on any atom is 0.327 e. The molecule has 0 rings (SSSR count). The Kier molecular flexibility index (Phi) is 26.4. The number of rotatable bonds is 18. The van der Waals surface area contributed by atoms with Crippen molar-refractivity contribution in [2.75, 3.05) is 0 Å². The van der Waals surface area contributed by atoms with Crippen LogP contribution in [0.5, 0.6) is 0 Å². The van der Waals surface area contributed by atoms with Crippen molar-refractivity contribution in [3.63, 3.8) is 0 Å². The summed E-state index contributed by atoms with van der Waals surface area (Å²) in [6, 6.07) is 0. The van der Waals surface area contributed by atoms with Gasteiger partial charge < -0.3 is 49.6 Å². The number of alkyl halides is 2. The Morgan fingerprint density at radius 2 is 0.712 bits per heavy atom. The number of carboxylic acids is 6. The van der Waals surface area contributed by atoms with E-state index in [1.807, 2.05) is 0 Å². The largest absolute Gasteiger partial charge is 0.481 e. The zero-order valence-corrected chi connectivity index (χ0v) is 29.3. The van der Waals surface area contributed by atoms with Crippen molar-refractivity contribution in [3.8, 4) is 0 Å². The Bertz CT molecular complexity index is 1330. The summed E-state index contributed by atoms with van der Waals surface area (Å²) in [4.78, 5) is 146. The van der Waals surface area contributed by atoms with Crippen LogP contribution in [0.25, 0.3) is 0 Å². The first-order valence-electron chi connectivity index (χ1n) is 13.3. The molecule has 0 saturated carbocycles. The summed E-state index contributed by atoms with van der Waals surface area (Å²) >= 11 is 5.35. The Morgan fingerprint density at radius 3 is 0.942 bits per heavy atom. The van der Waals surface area contributed by atoms with Gasteiger partial charge in [-0.05, 0) is 6.42 Å². The smallest absolute Gasteiger partial charge is 0.327 e. The molecule has 0 fully saturated rings. The quantitative estimate of drug-likeness (QED) is 0.0417. The van der Waals surface area contributed by atoms with Crippen LogP contribution in [0, 0.1) is 5.92 Å². The molecule has 0 bridgehead atoms. The molecular weight excluding hydrogens is 856 g/mol. The van der Waals surface area contributed by atoms with Crippen molar-refractivity contribution in [2.24, 2.45) is 5.92 Å². The van der Waals surface area contributed by atoms with Gasteiger partial charge in [0, 0.05) is 6.42 Å². The Balaban J connectivity index is -0.000000737. The highest BCUT2D eigenvalue weighted by Gasteiger charge is 2.27. The van der Waals surface area contributed by atoms with E-state index in [9.17, 15) is 67.1 Å². The van der Waals surface area contributed by atoms with E-state index >= 15 is 0 Å². The van der Waals surface area contributed by atoms with Crippen molar-refractivity contribution in [2.45, 2.75) is 67.9 Å². The molecule has 0 radical (unpaired) electrons. The van der Waals surface area contributed by atoms with Crippen LogP contribution in [0.2, 0.25) is 0 Å². The van der Waals surface area contributed by atoms with Gasteiger partial charge in [0.2, 0.25) is 0 Å². The van der Waals surface area contributed by atoms with E-state index in [-0.39, 0.29) is 12.8 Å². The molecule has 0 aliphatic rings. The van der Waals surface area contributed by atoms with E-state index in [0.717, 1.165) is 0 Å². The van der Waals surface area contributed by atoms with E-state index in [1.54, 1.807) is 0 Å². The molecule has 0 amide bonds. The first-order chi connectivity index (χ1) is 23.8. The van der Waals surface area contributed by atoms with Crippen molar-refractivity contribution < 1.29 is 117 Å². The minimum absolute atomic E-state index is 0.0759. The summed E-state index contributed by atoms with van der Waals surface area (Å²) in [6.45, 7) is 1.49. The second kappa shape index (κ2) is 27.1. The highest BCUT2D eigenvalue weighted by Crippen LogP contribution is 2.11. The fourth-order valence-corrected chi connectivity index (χ4v) is 2.97. The minimum Gasteiger partial charge on any atom is -0.481 e. The fraction of sp³-hybridized carbons (Fsp3) is 0.462. The van der Waals surface area contributed by atoms with Gasteiger partial charge in [-0.15, -0.1) is 0 Å². The standard InChI is InChI=1S/2C10H9BrO10.C6H10O4/c2*11-4(10(19)21-9(18)3-6(14)15)1-7(16)20-8(17)2-5(12)13;1-4(6(9)10)2-3-5(7)8/h2*4H,1-3H2,(H,12,13)(H,14,15);4H,2-3H2,1H3,(H,7,8)(H,9,10). The lowest BCUT2D eigenvalue weighted by Crippen LogP contribution is -2.26. The Hall–Kier alpha value is -5.66. The molecular formula is C26H28Br2O24. The summed E-state index contributed by atoms with van der Waals surface area (Å²) in [5, 5.41) is 49.5. The second-order valence-corrected chi connectivity index (χ2v) is 11.3. The number of hydrogen-bond acceptors (Lipinski definition) is 18. The number of hydrogen-bond donors (Lipinski definition) is 6. The fourth-order valence-electron chi connectivity index (χ4n) is 2.25. The number of carbonyl (C=O) groups is 14. The summed E-state index contributed by atoms with van der Waals surface area (Å²) in [5.41, 5.74) is 0. The van der Waals surface area contributed by atoms with Gasteiger partial charge in [-0.25, -0.2) is 0 Å². The van der Waals surface area contributed by atoms with Crippen LogP contribution in [0.15, 0.2) is 0 Å². The molecule has 6 N–H and O–H groups in total. The molecule has 24 nitrogen and oxygen atoms in total. The highest BCUT2D eigenvalue weighted by molar-refractivity contribution is 9.10. The van der Waals surface area contributed by atoms with Gasteiger partial charge in [0.25, 0.3) is 0 Å². The maximum atomic E-state index is 11.3. The second-order valence-electron chi connectivity index (χ2n) is 9.08. The maximum absolute atomic E-state index is 11.3. The minimum atomic E-state index is -1.50. The zero-order valence-electron chi connectivity index (χ0n) is 26.2. The lowest BCUT2D eigenvalue weighted by Gasteiger charge is -2.07. The van der Waals surface area contributed by atoms with Crippen molar-refractivity contribution >= 4 is 115 Å². The number of esters is 8. The summed E-state index contributed by atoms with van der Waals surface area (Å²) in [7, 11) is 0. The monoisotopic (exact) mass is 882 g/mol. The van der Waals surface area contributed by atoms with Gasteiger partial charge in [-0.3, -0.25) is 67.1 Å². The van der Waals surface area contributed by atoms with Crippen LogP contribution >= 0.6 is 31.9 Å². The van der Waals surface area contributed by atoms with Crippen LogP contribution in [0.3, 0.4) is 0 Å². The molecule has 26 heteroatoms. The van der Waals surface area contributed by atoms with E-state index in [4.69, 9.17) is 30.6 Å². The summed E-state index contributed by atoms with van der Waals surface area (Å²) in [5.74, 6) is -18.7. The third-order valence-corrected chi connectivity index (χ3v) is 5.88. The zero-order chi connectivity index (χ0) is 41.3.